The summed E-state index contributed by atoms with van der Waals surface area (Å²) in [5.74, 6) is -0.432. The maximum atomic E-state index is 13.2. The molecule has 2 heterocycles. The predicted molar refractivity (Wildman–Crippen MR) is 129 cm³/mol. The molecule has 0 spiro atoms. The Morgan fingerprint density at radius 1 is 1.06 bits per heavy atom. The Labute approximate surface area is 199 Å². The lowest BCUT2D eigenvalue weighted by Gasteiger charge is -2.16. The molecule has 0 radical (unpaired) electrons. The van der Waals surface area contributed by atoms with Crippen LogP contribution in [0, 0.1) is 0 Å². The summed E-state index contributed by atoms with van der Waals surface area (Å²) in [6, 6.07) is 19.6. The minimum Gasteiger partial charge on any atom is -0.326 e. The third-order valence-electron chi connectivity index (χ3n) is 4.62. The Hall–Kier alpha value is -2.87. The molecule has 3 aromatic rings. The van der Waals surface area contributed by atoms with Gasteiger partial charge < -0.3 is 5.32 Å². The number of pyridine rings is 1. The lowest BCUT2D eigenvalue weighted by atomic mass is 10.2. The van der Waals surface area contributed by atoms with Gasteiger partial charge in [0.25, 0.3) is 0 Å². The summed E-state index contributed by atoms with van der Waals surface area (Å²) in [6.07, 6.45) is 1.70. The lowest BCUT2D eigenvalue weighted by Crippen LogP contribution is -2.33. The van der Waals surface area contributed by atoms with Crippen molar-refractivity contribution in [2.45, 2.75) is 18.2 Å². The first-order valence-electron chi connectivity index (χ1n) is 9.76. The third-order valence-corrected chi connectivity index (χ3v) is 6.54. The van der Waals surface area contributed by atoms with Crippen LogP contribution in [0.1, 0.15) is 12.1 Å². The van der Waals surface area contributed by atoms with Crippen molar-refractivity contribution in [3.63, 3.8) is 0 Å². The van der Waals surface area contributed by atoms with Crippen LogP contribution in [-0.4, -0.2) is 32.1 Å². The van der Waals surface area contributed by atoms with Crippen LogP contribution in [0.4, 0.5) is 11.4 Å². The van der Waals surface area contributed by atoms with Crippen molar-refractivity contribution >= 4 is 63.3 Å². The van der Waals surface area contributed by atoms with E-state index in [1.54, 1.807) is 41.4 Å². The molecule has 1 fully saturated rings. The second kappa shape index (κ2) is 10.2. The molecule has 9 heteroatoms. The fourth-order valence-electron chi connectivity index (χ4n) is 3.09. The number of nitrogens with one attached hydrogen (secondary N) is 1. The molecule has 2 amide bonds. The number of aromatic nitrogens is 1. The van der Waals surface area contributed by atoms with Crippen LogP contribution in [0.25, 0.3) is 0 Å². The Morgan fingerprint density at radius 2 is 1.84 bits per heavy atom. The SMILES string of the molecule is O=C(CC1SC(=Nc2ccc(Cl)c(Cl)c2)N(Cc2ccccn2)C1=O)Nc1ccccc1. The van der Waals surface area contributed by atoms with Crippen molar-refractivity contribution in [3.8, 4) is 0 Å². The summed E-state index contributed by atoms with van der Waals surface area (Å²) < 4.78 is 0. The van der Waals surface area contributed by atoms with Crippen molar-refractivity contribution in [2.75, 3.05) is 5.32 Å². The number of rotatable bonds is 6. The first kappa shape index (κ1) is 22.3. The third kappa shape index (κ3) is 5.48. The van der Waals surface area contributed by atoms with Gasteiger partial charge in [-0.05, 0) is 42.5 Å². The molecule has 162 valence electrons. The molecule has 1 N–H and O–H groups in total. The van der Waals surface area contributed by atoms with Crippen LogP contribution in [0.15, 0.2) is 77.9 Å². The first-order valence-corrected chi connectivity index (χ1v) is 11.4. The largest absolute Gasteiger partial charge is 0.326 e. The van der Waals surface area contributed by atoms with E-state index in [1.807, 2.05) is 36.4 Å². The molecule has 0 saturated carbocycles. The molecule has 1 atom stereocenters. The molecule has 0 bridgehead atoms. The second-order valence-corrected chi connectivity index (χ2v) is 8.95. The van der Waals surface area contributed by atoms with Gasteiger partial charge in [0, 0.05) is 18.3 Å². The number of carbonyl (C=O) groups is 2. The van der Waals surface area contributed by atoms with Crippen molar-refractivity contribution in [1.29, 1.82) is 0 Å². The highest BCUT2D eigenvalue weighted by atomic mass is 35.5. The summed E-state index contributed by atoms with van der Waals surface area (Å²) in [5.41, 5.74) is 1.97. The average Bonchev–Trinajstić information content (AvgIpc) is 3.06. The fraction of sp³-hybridized carbons (Fsp3) is 0.130. The number of hydrogen-bond acceptors (Lipinski definition) is 5. The van der Waals surface area contributed by atoms with E-state index in [0.717, 1.165) is 5.69 Å². The number of nitrogens with zero attached hydrogens (tertiary/aromatic N) is 3. The van der Waals surface area contributed by atoms with Gasteiger partial charge >= 0.3 is 0 Å². The van der Waals surface area contributed by atoms with Crippen molar-refractivity contribution in [2.24, 2.45) is 4.99 Å². The van der Waals surface area contributed by atoms with Gasteiger partial charge in [0.05, 0.1) is 28.0 Å². The Kier molecular flexibility index (Phi) is 7.09. The number of benzene rings is 2. The van der Waals surface area contributed by atoms with Gasteiger partial charge in [-0.3, -0.25) is 19.5 Å². The van der Waals surface area contributed by atoms with Gasteiger partial charge in [0.2, 0.25) is 11.8 Å². The van der Waals surface area contributed by atoms with E-state index >= 15 is 0 Å². The topological polar surface area (TPSA) is 74.7 Å². The Balaban J connectivity index is 1.56. The molecule has 2 aromatic carbocycles. The number of amidine groups is 1. The zero-order chi connectivity index (χ0) is 22.5. The zero-order valence-corrected chi connectivity index (χ0v) is 19.1. The number of carbonyl (C=O) groups excluding carboxylic acids is 2. The van der Waals surface area contributed by atoms with Gasteiger partial charge in [-0.15, -0.1) is 0 Å². The molecule has 4 rings (SSSR count). The van der Waals surface area contributed by atoms with E-state index in [2.05, 4.69) is 15.3 Å². The number of para-hydroxylation sites is 1. The van der Waals surface area contributed by atoms with Gasteiger partial charge in [-0.2, -0.15) is 0 Å². The monoisotopic (exact) mass is 484 g/mol. The smallest absolute Gasteiger partial charge is 0.243 e. The van der Waals surface area contributed by atoms with E-state index in [-0.39, 0.29) is 24.8 Å². The maximum absolute atomic E-state index is 13.2. The van der Waals surface area contributed by atoms with Gasteiger partial charge in [0.1, 0.15) is 5.25 Å². The van der Waals surface area contributed by atoms with Crippen molar-refractivity contribution in [1.82, 2.24) is 9.88 Å². The van der Waals surface area contributed by atoms with Gasteiger partial charge in [-0.1, -0.05) is 59.2 Å². The van der Waals surface area contributed by atoms with Crippen molar-refractivity contribution < 1.29 is 9.59 Å². The summed E-state index contributed by atoms with van der Waals surface area (Å²) >= 11 is 13.4. The molecule has 1 aromatic heterocycles. The quantitative estimate of drug-likeness (QED) is 0.497. The summed E-state index contributed by atoms with van der Waals surface area (Å²) in [7, 11) is 0. The van der Waals surface area contributed by atoms with Crippen LogP contribution in [-0.2, 0) is 16.1 Å². The summed E-state index contributed by atoms with van der Waals surface area (Å²) in [5, 5.41) is 3.51. The van der Waals surface area contributed by atoms with Gasteiger partial charge in [-0.25, -0.2) is 4.99 Å². The van der Waals surface area contributed by atoms with Gasteiger partial charge in [0.15, 0.2) is 5.17 Å². The molecular weight excluding hydrogens is 467 g/mol. The molecule has 32 heavy (non-hydrogen) atoms. The van der Waals surface area contributed by atoms with E-state index < -0.39 is 5.25 Å². The zero-order valence-electron chi connectivity index (χ0n) is 16.7. The fourth-order valence-corrected chi connectivity index (χ4v) is 4.54. The number of anilines is 1. The molecule has 6 nitrogen and oxygen atoms in total. The van der Waals surface area contributed by atoms with E-state index in [0.29, 0.717) is 26.6 Å². The number of thioether (sulfide) groups is 1. The highest BCUT2D eigenvalue weighted by Crippen LogP contribution is 2.34. The van der Waals surface area contributed by atoms with E-state index in [1.165, 1.54) is 11.8 Å². The van der Waals surface area contributed by atoms with Crippen LogP contribution in [0.2, 0.25) is 10.0 Å². The maximum Gasteiger partial charge on any atom is 0.243 e. The molecular formula is C23H18Cl2N4O2S. The predicted octanol–water partition coefficient (Wildman–Crippen LogP) is 5.55. The number of halogens is 2. The highest BCUT2D eigenvalue weighted by molar-refractivity contribution is 8.15. The Bertz CT molecular complexity index is 1160. The minimum atomic E-state index is -0.594. The van der Waals surface area contributed by atoms with Crippen molar-refractivity contribution in [3.05, 3.63) is 88.7 Å². The molecule has 1 unspecified atom stereocenters. The van der Waals surface area contributed by atoms with E-state index in [9.17, 15) is 9.59 Å². The minimum absolute atomic E-state index is 0.0253. The molecule has 0 aliphatic carbocycles. The standard InChI is InChI=1S/C23H18Cl2N4O2S/c24-18-10-9-16(12-19(18)25)28-23-29(14-17-8-4-5-11-26-17)22(31)20(32-23)13-21(30)27-15-6-2-1-3-7-15/h1-12,20H,13-14H2,(H,27,30). The van der Waals surface area contributed by atoms with Crippen LogP contribution >= 0.6 is 35.0 Å². The molecule has 1 aliphatic rings. The number of amides is 2. The second-order valence-electron chi connectivity index (χ2n) is 6.96. The van der Waals surface area contributed by atoms with Crippen LogP contribution in [0.5, 0.6) is 0 Å². The average molecular weight is 485 g/mol. The molecule has 1 saturated heterocycles. The number of hydrogen-bond donors (Lipinski definition) is 1. The summed E-state index contributed by atoms with van der Waals surface area (Å²) in [4.78, 5) is 36.2. The van der Waals surface area contributed by atoms with Crippen LogP contribution in [0.3, 0.4) is 0 Å². The highest BCUT2D eigenvalue weighted by Gasteiger charge is 2.39. The first-order chi connectivity index (χ1) is 15.5. The van der Waals surface area contributed by atoms with Crippen LogP contribution < -0.4 is 5.32 Å². The normalized spacial score (nSPS) is 17.1. The Morgan fingerprint density at radius 3 is 2.56 bits per heavy atom. The van der Waals surface area contributed by atoms with E-state index in [4.69, 9.17) is 23.2 Å². The molecule has 1 aliphatic heterocycles. The lowest BCUT2D eigenvalue weighted by molar-refractivity contribution is -0.128. The number of aliphatic imine (C=N–C) groups is 1. The summed E-state index contributed by atoms with van der Waals surface area (Å²) in [6.45, 7) is 0.254.